The van der Waals surface area contributed by atoms with Crippen molar-refractivity contribution >= 4 is 5.69 Å². The van der Waals surface area contributed by atoms with E-state index < -0.39 is 0 Å². The first-order chi connectivity index (χ1) is 5.11. The lowest BCUT2D eigenvalue weighted by atomic mass is 10.2. The van der Waals surface area contributed by atoms with E-state index >= 15 is 0 Å². The standard InChI is InChI=1S/C9H12FN/c1-7-4-5-8(11(2)3)6-9(7)10/h4-6H,1-3H3. The maximum absolute atomic E-state index is 12.9. The van der Waals surface area contributed by atoms with Crippen molar-refractivity contribution in [2.45, 2.75) is 6.92 Å². The molecule has 0 saturated carbocycles. The van der Waals surface area contributed by atoms with Crippen LogP contribution >= 0.6 is 0 Å². The maximum atomic E-state index is 12.9. The lowest BCUT2D eigenvalue weighted by Crippen LogP contribution is -2.08. The number of anilines is 1. The molecular weight excluding hydrogens is 141 g/mol. The van der Waals surface area contributed by atoms with Crippen molar-refractivity contribution in [3.8, 4) is 0 Å². The predicted molar refractivity (Wildman–Crippen MR) is 45.5 cm³/mol. The molecule has 0 bridgehead atoms. The van der Waals surface area contributed by atoms with Crippen LogP contribution in [-0.2, 0) is 0 Å². The van der Waals surface area contributed by atoms with Gasteiger partial charge in [-0.1, -0.05) is 6.07 Å². The molecule has 0 aliphatic carbocycles. The zero-order valence-corrected chi connectivity index (χ0v) is 7.06. The van der Waals surface area contributed by atoms with Gasteiger partial charge in [0.25, 0.3) is 0 Å². The Labute approximate surface area is 66.5 Å². The van der Waals surface area contributed by atoms with Gasteiger partial charge in [0.1, 0.15) is 5.82 Å². The van der Waals surface area contributed by atoms with Crippen LogP contribution in [0.1, 0.15) is 5.56 Å². The van der Waals surface area contributed by atoms with Crippen LogP contribution in [0, 0.1) is 12.7 Å². The van der Waals surface area contributed by atoms with Crippen LogP contribution in [0.25, 0.3) is 0 Å². The summed E-state index contributed by atoms with van der Waals surface area (Å²) < 4.78 is 12.9. The second kappa shape index (κ2) is 2.91. The van der Waals surface area contributed by atoms with Crippen molar-refractivity contribution in [2.75, 3.05) is 19.0 Å². The molecule has 0 atom stereocenters. The number of rotatable bonds is 1. The van der Waals surface area contributed by atoms with Crippen LogP contribution < -0.4 is 4.90 Å². The minimum atomic E-state index is -0.142. The summed E-state index contributed by atoms with van der Waals surface area (Å²) in [4.78, 5) is 1.88. The van der Waals surface area contributed by atoms with E-state index in [1.807, 2.05) is 25.1 Å². The average molecular weight is 153 g/mol. The Balaban J connectivity index is 3.05. The van der Waals surface area contributed by atoms with E-state index in [1.165, 1.54) is 6.07 Å². The molecule has 11 heavy (non-hydrogen) atoms. The van der Waals surface area contributed by atoms with Gasteiger partial charge in [0.05, 0.1) is 0 Å². The summed E-state index contributed by atoms with van der Waals surface area (Å²) in [5, 5.41) is 0. The van der Waals surface area contributed by atoms with Crippen LogP contribution in [0.3, 0.4) is 0 Å². The molecule has 0 amide bonds. The largest absolute Gasteiger partial charge is 0.378 e. The first-order valence-electron chi connectivity index (χ1n) is 3.55. The molecule has 0 saturated heterocycles. The predicted octanol–water partition coefficient (Wildman–Crippen LogP) is 2.20. The third kappa shape index (κ3) is 1.70. The highest BCUT2D eigenvalue weighted by Gasteiger charge is 1.99. The molecule has 0 heterocycles. The molecule has 1 rings (SSSR count). The second-order valence-corrected chi connectivity index (χ2v) is 2.83. The summed E-state index contributed by atoms with van der Waals surface area (Å²) in [5.74, 6) is -0.142. The van der Waals surface area contributed by atoms with Crippen molar-refractivity contribution in [1.82, 2.24) is 0 Å². The number of benzene rings is 1. The normalized spacial score (nSPS) is 9.82. The van der Waals surface area contributed by atoms with Gasteiger partial charge in [0, 0.05) is 19.8 Å². The molecule has 0 unspecified atom stereocenters. The minimum absolute atomic E-state index is 0.142. The molecular formula is C9H12FN. The maximum Gasteiger partial charge on any atom is 0.128 e. The molecule has 0 aliphatic heterocycles. The van der Waals surface area contributed by atoms with Crippen LogP contribution in [0.5, 0.6) is 0 Å². The third-order valence-electron chi connectivity index (χ3n) is 1.67. The Morgan fingerprint density at radius 2 is 1.91 bits per heavy atom. The number of aryl methyl sites for hydroxylation is 1. The van der Waals surface area contributed by atoms with Gasteiger partial charge in [-0.3, -0.25) is 0 Å². The Morgan fingerprint density at radius 3 is 2.36 bits per heavy atom. The Bertz CT molecular complexity index is 256. The fourth-order valence-electron chi connectivity index (χ4n) is 0.860. The quantitative estimate of drug-likeness (QED) is 0.597. The smallest absolute Gasteiger partial charge is 0.128 e. The van der Waals surface area contributed by atoms with Crippen molar-refractivity contribution in [3.63, 3.8) is 0 Å². The zero-order valence-electron chi connectivity index (χ0n) is 7.06. The van der Waals surface area contributed by atoms with Crippen LogP contribution in [-0.4, -0.2) is 14.1 Å². The van der Waals surface area contributed by atoms with E-state index in [-0.39, 0.29) is 5.82 Å². The molecule has 0 fully saturated rings. The topological polar surface area (TPSA) is 3.24 Å². The van der Waals surface area contributed by atoms with Gasteiger partial charge >= 0.3 is 0 Å². The molecule has 1 aromatic carbocycles. The number of hydrogen-bond donors (Lipinski definition) is 0. The van der Waals surface area contributed by atoms with Gasteiger partial charge in [-0.25, -0.2) is 4.39 Å². The van der Waals surface area contributed by atoms with E-state index in [4.69, 9.17) is 0 Å². The summed E-state index contributed by atoms with van der Waals surface area (Å²) in [6, 6.07) is 5.22. The molecule has 0 spiro atoms. The molecule has 0 N–H and O–H groups in total. The summed E-state index contributed by atoms with van der Waals surface area (Å²) in [6.45, 7) is 1.76. The average Bonchev–Trinajstić information content (AvgIpc) is 1.94. The SMILES string of the molecule is Cc1ccc(N(C)C)cc1F. The third-order valence-corrected chi connectivity index (χ3v) is 1.67. The molecule has 0 radical (unpaired) electrons. The van der Waals surface area contributed by atoms with Gasteiger partial charge in [-0.2, -0.15) is 0 Å². The van der Waals surface area contributed by atoms with Crippen LogP contribution in [0.15, 0.2) is 18.2 Å². The Hall–Kier alpha value is -1.05. The summed E-state index contributed by atoms with van der Waals surface area (Å²) in [7, 11) is 3.79. The first-order valence-corrected chi connectivity index (χ1v) is 3.55. The van der Waals surface area contributed by atoms with Crippen molar-refractivity contribution in [3.05, 3.63) is 29.6 Å². The van der Waals surface area contributed by atoms with Crippen molar-refractivity contribution in [2.24, 2.45) is 0 Å². The lowest BCUT2D eigenvalue weighted by Gasteiger charge is -2.12. The molecule has 2 heteroatoms. The molecule has 1 aromatic rings. The van der Waals surface area contributed by atoms with E-state index in [1.54, 1.807) is 13.0 Å². The highest BCUT2D eigenvalue weighted by atomic mass is 19.1. The van der Waals surface area contributed by atoms with E-state index in [9.17, 15) is 4.39 Å². The number of hydrogen-bond acceptors (Lipinski definition) is 1. The highest BCUT2D eigenvalue weighted by molar-refractivity contribution is 5.46. The van der Waals surface area contributed by atoms with Gasteiger partial charge in [0.2, 0.25) is 0 Å². The number of nitrogens with zero attached hydrogens (tertiary/aromatic N) is 1. The first kappa shape index (κ1) is 8.05. The van der Waals surface area contributed by atoms with E-state index in [0.717, 1.165) is 5.69 Å². The highest BCUT2D eigenvalue weighted by Crippen LogP contribution is 2.15. The summed E-state index contributed by atoms with van der Waals surface area (Å²) >= 11 is 0. The van der Waals surface area contributed by atoms with E-state index in [2.05, 4.69) is 0 Å². The van der Waals surface area contributed by atoms with Gasteiger partial charge in [-0.15, -0.1) is 0 Å². The fraction of sp³-hybridized carbons (Fsp3) is 0.333. The fourth-order valence-corrected chi connectivity index (χ4v) is 0.860. The Morgan fingerprint density at radius 1 is 1.27 bits per heavy atom. The lowest BCUT2D eigenvalue weighted by molar-refractivity contribution is 0.618. The minimum Gasteiger partial charge on any atom is -0.378 e. The molecule has 0 aliphatic rings. The van der Waals surface area contributed by atoms with Gasteiger partial charge < -0.3 is 4.90 Å². The monoisotopic (exact) mass is 153 g/mol. The van der Waals surface area contributed by atoms with Crippen LogP contribution in [0.2, 0.25) is 0 Å². The molecule has 0 aromatic heterocycles. The summed E-state index contributed by atoms with van der Waals surface area (Å²) in [5.41, 5.74) is 1.59. The van der Waals surface area contributed by atoms with Crippen molar-refractivity contribution < 1.29 is 4.39 Å². The van der Waals surface area contributed by atoms with Gasteiger partial charge in [0.15, 0.2) is 0 Å². The Kier molecular flexibility index (Phi) is 2.13. The summed E-state index contributed by atoms with van der Waals surface area (Å²) in [6.07, 6.45) is 0. The van der Waals surface area contributed by atoms with Crippen LogP contribution in [0.4, 0.5) is 10.1 Å². The van der Waals surface area contributed by atoms with E-state index in [0.29, 0.717) is 5.56 Å². The molecule has 60 valence electrons. The van der Waals surface area contributed by atoms with Crippen molar-refractivity contribution in [1.29, 1.82) is 0 Å². The number of halogens is 1. The molecule has 1 nitrogen and oxygen atoms in total. The second-order valence-electron chi connectivity index (χ2n) is 2.83. The zero-order chi connectivity index (χ0) is 8.43. The van der Waals surface area contributed by atoms with Gasteiger partial charge in [-0.05, 0) is 24.6 Å².